The van der Waals surface area contributed by atoms with E-state index in [1.54, 1.807) is 12.1 Å². The van der Waals surface area contributed by atoms with Crippen molar-refractivity contribution >= 4 is 34.6 Å². The number of carbonyl (C=O) groups excluding carboxylic acids is 1. The van der Waals surface area contributed by atoms with Crippen LogP contribution in [-0.2, 0) is 0 Å². The Balaban J connectivity index is 1.48. The minimum absolute atomic E-state index is 0.0293. The van der Waals surface area contributed by atoms with Gasteiger partial charge in [0, 0.05) is 44.0 Å². The van der Waals surface area contributed by atoms with Crippen molar-refractivity contribution in [1.29, 1.82) is 0 Å². The van der Waals surface area contributed by atoms with Gasteiger partial charge >= 0.3 is 0 Å². The molecule has 1 aliphatic rings. The molecule has 1 atom stereocenters. The maximum atomic E-state index is 13.6. The SMILES string of the molecule is CC(Nc1cc(N2CCN(C(=O)c3cc(F)c(F)cc3Cl)CC2)ccc1[N+](=O)[O-])c1ccccc1. The van der Waals surface area contributed by atoms with Crippen molar-refractivity contribution in [3.05, 3.63) is 98.6 Å². The van der Waals surface area contributed by atoms with E-state index in [4.69, 9.17) is 11.6 Å². The van der Waals surface area contributed by atoms with Crippen molar-refractivity contribution in [2.75, 3.05) is 36.4 Å². The van der Waals surface area contributed by atoms with Gasteiger partial charge in [0.15, 0.2) is 11.6 Å². The van der Waals surface area contributed by atoms with Crippen LogP contribution in [0.3, 0.4) is 0 Å². The first-order valence-corrected chi connectivity index (χ1v) is 11.4. The number of nitrogens with zero attached hydrogens (tertiary/aromatic N) is 3. The fourth-order valence-electron chi connectivity index (χ4n) is 4.08. The number of piperazine rings is 1. The highest BCUT2D eigenvalue weighted by atomic mass is 35.5. The molecule has 182 valence electrons. The lowest BCUT2D eigenvalue weighted by molar-refractivity contribution is -0.384. The summed E-state index contributed by atoms with van der Waals surface area (Å²) in [5.41, 5.74) is 2.05. The number of nitro benzene ring substituents is 1. The number of rotatable bonds is 6. The van der Waals surface area contributed by atoms with E-state index in [1.807, 2.05) is 42.2 Å². The van der Waals surface area contributed by atoms with E-state index < -0.39 is 22.5 Å². The molecule has 0 saturated carbocycles. The molecule has 35 heavy (non-hydrogen) atoms. The third-order valence-electron chi connectivity index (χ3n) is 6.02. The fourth-order valence-corrected chi connectivity index (χ4v) is 4.31. The second-order valence-electron chi connectivity index (χ2n) is 8.26. The van der Waals surface area contributed by atoms with Gasteiger partial charge in [-0.05, 0) is 36.8 Å². The maximum Gasteiger partial charge on any atom is 0.292 e. The average molecular weight is 501 g/mol. The summed E-state index contributed by atoms with van der Waals surface area (Å²) in [5, 5.41) is 14.7. The quantitative estimate of drug-likeness (QED) is 0.268. The van der Waals surface area contributed by atoms with Gasteiger partial charge < -0.3 is 15.1 Å². The molecule has 1 fully saturated rings. The minimum Gasteiger partial charge on any atom is -0.373 e. The summed E-state index contributed by atoms with van der Waals surface area (Å²) in [6.45, 7) is 3.50. The number of amides is 1. The average Bonchev–Trinajstić information content (AvgIpc) is 2.86. The Morgan fingerprint density at radius 2 is 1.69 bits per heavy atom. The van der Waals surface area contributed by atoms with Crippen LogP contribution in [0.15, 0.2) is 60.7 Å². The van der Waals surface area contributed by atoms with Gasteiger partial charge in [-0.3, -0.25) is 14.9 Å². The molecule has 1 N–H and O–H groups in total. The lowest BCUT2D eigenvalue weighted by Crippen LogP contribution is -2.48. The van der Waals surface area contributed by atoms with Crippen LogP contribution in [0.4, 0.5) is 25.8 Å². The van der Waals surface area contributed by atoms with Crippen LogP contribution in [0, 0.1) is 21.7 Å². The summed E-state index contributed by atoms with van der Waals surface area (Å²) >= 11 is 5.96. The summed E-state index contributed by atoms with van der Waals surface area (Å²) < 4.78 is 27.0. The van der Waals surface area contributed by atoms with Crippen molar-refractivity contribution in [2.45, 2.75) is 13.0 Å². The van der Waals surface area contributed by atoms with Crippen LogP contribution in [0.2, 0.25) is 5.02 Å². The molecule has 1 amide bonds. The topological polar surface area (TPSA) is 78.7 Å². The van der Waals surface area contributed by atoms with Crippen LogP contribution >= 0.6 is 11.6 Å². The van der Waals surface area contributed by atoms with Gasteiger partial charge in [-0.2, -0.15) is 0 Å². The predicted molar refractivity (Wildman–Crippen MR) is 131 cm³/mol. The maximum absolute atomic E-state index is 13.6. The number of hydrogen-bond donors (Lipinski definition) is 1. The molecular weight excluding hydrogens is 478 g/mol. The standard InChI is InChI=1S/C25H23ClF2N4O3/c1-16(17-5-3-2-4-6-17)29-23-13-18(7-8-24(23)32(34)35)30-9-11-31(12-10-30)25(33)19-14-21(27)22(28)15-20(19)26/h2-8,13-16,29H,9-12H2,1H3. The second-order valence-corrected chi connectivity index (χ2v) is 8.67. The van der Waals surface area contributed by atoms with Crippen molar-refractivity contribution < 1.29 is 18.5 Å². The number of hydrogen-bond acceptors (Lipinski definition) is 5. The number of carbonyl (C=O) groups is 1. The predicted octanol–water partition coefficient (Wildman–Crippen LogP) is 5.66. The van der Waals surface area contributed by atoms with Gasteiger partial charge in [-0.25, -0.2) is 8.78 Å². The molecule has 0 aliphatic carbocycles. The number of nitro groups is 1. The molecular formula is C25H23ClF2N4O3. The molecule has 1 unspecified atom stereocenters. The molecule has 4 rings (SSSR count). The minimum atomic E-state index is -1.13. The van der Waals surface area contributed by atoms with Crippen LogP contribution in [-0.4, -0.2) is 41.9 Å². The van der Waals surface area contributed by atoms with Gasteiger partial charge in [-0.1, -0.05) is 41.9 Å². The molecule has 0 aromatic heterocycles. The molecule has 1 heterocycles. The third-order valence-corrected chi connectivity index (χ3v) is 6.33. The van der Waals surface area contributed by atoms with E-state index in [0.717, 1.165) is 23.4 Å². The Kier molecular flexibility index (Phi) is 7.16. The summed E-state index contributed by atoms with van der Waals surface area (Å²) in [4.78, 5) is 27.5. The fraction of sp³-hybridized carbons (Fsp3) is 0.240. The Morgan fingerprint density at radius 1 is 1.03 bits per heavy atom. The van der Waals surface area contributed by atoms with Crippen LogP contribution < -0.4 is 10.2 Å². The lowest BCUT2D eigenvalue weighted by atomic mass is 10.1. The number of halogens is 3. The van der Waals surface area contributed by atoms with Crippen molar-refractivity contribution in [3.63, 3.8) is 0 Å². The van der Waals surface area contributed by atoms with Crippen molar-refractivity contribution in [3.8, 4) is 0 Å². The van der Waals surface area contributed by atoms with Crippen molar-refractivity contribution in [1.82, 2.24) is 4.90 Å². The third kappa shape index (κ3) is 5.35. The van der Waals surface area contributed by atoms with E-state index in [9.17, 15) is 23.7 Å². The first-order valence-electron chi connectivity index (χ1n) is 11.0. The van der Waals surface area contributed by atoms with Crippen LogP contribution in [0.1, 0.15) is 28.9 Å². The zero-order chi connectivity index (χ0) is 25.1. The van der Waals surface area contributed by atoms with Gasteiger partial charge in [0.25, 0.3) is 11.6 Å². The van der Waals surface area contributed by atoms with E-state index in [-0.39, 0.29) is 22.3 Å². The highest BCUT2D eigenvalue weighted by Gasteiger charge is 2.26. The van der Waals surface area contributed by atoms with Gasteiger partial charge in [-0.15, -0.1) is 0 Å². The number of benzene rings is 3. The molecule has 3 aromatic carbocycles. The molecule has 1 saturated heterocycles. The Bertz CT molecular complexity index is 1250. The highest BCUT2D eigenvalue weighted by molar-refractivity contribution is 6.33. The lowest BCUT2D eigenvalue weighted by Gasteiger charge is -2.36. The molecule has 10 heteroatoms. The van der Waals surface area contributed by atoms with Gasteiger partial charge in [0.2, 0.25) is 0 Å². The highest BCUT2D eigenvalue weighted by Crippen LogP contribution is 2.33. The van der Waals surface area contributed by atoms with Gasteiger partial charge in [0.05, 0.1) is 15.5 Å². The summed E-state index contributed by atoms with van der Waals surface area (Å²) in [5.74, 6) is -2.72. The first kappa shape index (κ1) is 24.4. The molecule has 0 spiro atoms. The zero-order valence-corrected chi connectivity index (χ0v) is 19.6. The zero-order valence-electron chi connectivity index (χ0n) is 18.9. The number of anilines is 2. The van der Waals surface area contributed by atoms with E-state index >= 15 is 0 Å². The summed E-state index contributed by atoms with van der Waals surface area (Å²) in [6.07, 6.45) is 0. The second kappa shape index (κ2) is 10.3. The number of nitrogens with one attached hydrogen (secondary N) is 1. The Morgan fingerprint density at radius 3 is 2.34 bits per heavy atom. The molecule has 7 nitrogen and oxygen atoms in total. The normalized spacial score (nSPS) is 14.5. The molecule has 0 bridgehead atoms. The molecule has 0 radical (unpaired) electrons. The largest absolute Gasteiger partial charge is 0.373 e. The van der Waals surface area contributed by atoms with Crippen LogP contribution in [0.25, 0.3) is 0 Å². The Labute approximate surface area is 206 Å². The first-order chi connectivity index (χ1) is 16.7. The summed E-state index contributed by atoms with van der Waals surface area (Å²) in [6, 6.07) is 16.0. The molecule has 1 aliphatic heterocycles. The van der Waals surface area contributed by atoms with E-state index in [2.05, 4.69) is 5.32 Å². The van der Waals surface area contributed by atoms with Crippen molar-refractivity contribution in [2.24, 2.45) is 0 Å². The summed E-state index contributed by atoms with van der Waals surface area (Å²) in [7, 11) is 0. The van der Waals surface area contributed by atoms with Crippen LogP contribution in [0.5, 0.6) is 0 Å². The van der Waals surface area contributed by atoms with E-state index in [1.165, 1.54) is 11.0 Å². The van der Waals surface area contributed by atoms with Gasteiger partial charge in [0.1, 0.15) is 5.69 Å². The monoisotopic (exact) mass is 500 g/mol. The Hall–Kier alpha value is -3.72. The molecule has 3 aromatic rings. The van der Waals surface area contributed by atoms with E-state index in [0.29, 0.717) is 31.9 Å². The smallest absolute Gasteiger partial charge is 0.292 e.